The number of nitrogens with zero attached hydrogens (tertiary/aromatic N) is 2. The van der Waals surface area contributed by atoms with Crippen molar-refractivity contribution in [1.29, 1.82) is 0 Å². The molecule has 0 aliphatic rings. The molecule has 4 aromatic rings. The molecule has 0 N–H and O–H groups in total. The molecule has 30 heavy (non-hydrogen) atoms. The molecule has 0 aliphatic heterocycles. The molecule has 0 radical (unpaired) electrons. The average molecular weight is 439 g/mol. The largest absolute Gasteiger partial charge is 0.497 e. The summed E-state index contributed by atoms with van der Waals surface area (Å²) in [4.78, 5) is 18.2. The number of benzene rings is 3. The molecule has 0 amide bonds. The minimum atomic E-state index is -0.161. The summed E-state index contributed by atoms with van der Waals surface area (Å²) in [6.07, 6.45) is 0. The van der Waals surface area contributed by atoms with Crippen LogP contribution in [0.1, 0.15) is 5.56 Å². The first-order valence-corrected chi connectivity index (χ1v) is 10.6. The Morgan fingerprint density at radius 2 is 1.77 bits per heavy atom. The summed E-state index contributed by atoms with van der Waals surface area (Å²) in [6.45, 7) is 0. The summed E-state index contributed by atoms with van der Waals surface area (Å²) in [7, 11) is 3.16. The highest BCUT2D eigenvalue weighted by molar-refractivity contribution is 7.98. The van der Waals surface area contributed by atoms with Gasteiger partial charge in [-0.25, -0.2) is 4.98 Å². The fraction of sp³-hybridized carbons (Fsp3) is 0.130. The number of aromatic nitrogens is 2. The molecule has 0 atom stereocenters. The quantitative estimate of drug-likeness (QED) is 0.300. The molecule has 0 bridgehead atoms. The zero-order chi connectivity index (χ0) is 21.1. The number of fused-ring (bicyclic) bond motifs is 1. The molecule has 3 aromatic carbocycles. The van der Waals surface area contributed by atoms with Crippen LogP contribution in [0.3, 0.4) is 0 Å². The maximum Gasteiger partial charge on any atom is 0.266 e. The summed E-state index contributed by atoms with van der Waals surface area (Å²) < 4.78 is 12.5. The van der Waals surface area contributed by atoms with Gasteiger partial charge in [0.15, 0.2) is 5.16 Å². The van der Waals surface area contributed by atoms with Crippen LogP contribution in [0.4, 0.5) is 0 Å². The summed E-state index contributed by atoms with van der Waals surface area (Å²) in [5.74, 6) is 1.82. The summed E-state index contributed by atoms with van der Waals surface area (Å²) >= 11 is 7.47. The van der Waals surface area contributed by atoms with Gasteiger partial charge in [-0.3, -0.25) is 9.36 Å². The van der Waals surface area contributed by atoms with Gasteiger partial charge in [0.25, 0.3) is 5.56 Å². The molecule has 0 fully saturated rings. The Labute approximate surface area is 183 Å². The molecule has 152 valence electrons. The maximum absolute atomic E-state index is 13.5. The summed E-state index contributed by atoms with van der Waals surface area (Å²) in [6, 6.07) is 20.3. The molecule has 0 aliphatic carbocycles. The van der Waals surface area contributed by atoms with Crippen LogP contribution in [0.2, 0.25) is 5.02 Å². The summed E-state index contributed by atoms with van der Waals surface area (Å²) in [5, 5.41) is 1.80. The van der Waals surface area contributed by atoms with Gasteiger partial charge in [0.2, 0.25) is 0 Å². The van der Waals surface area contributed by atoms with Crippen molar-refractivity contribution in [2.45, 2.75) is 10.9 Å². The van der Waals surface area contributed by atoms with Gasteiger partial charge in [-0.2, -0.15) is 0 Å². The Morgan fingerprint density at radius 1 is 1.00 bits per heavy atom. The lowest BCUT2D eigenvalue weighted by molar-refractivity contribution is 0.400. The lowest BCUT2D eigenvalue weighted by Crippen LogP contribution is -2.22. The van der Waals surface area contributed by atoms with Crippen LogP contribution in [0.15, 0.2) is 76.7 Å². The smallest absolute Gasteiger partial charge is 0.266 e. The second-order valence-electron chi connectivity index (χ2n) is 6.51. The van der Waals surface area contributed by atoms with E-state index in [0.717, 1.165) is 5.56 Å². The van der Waals surface area contributed by atoms with Gasteiger partial charge in [0, 0.05) is 16.8 Å². The SMILES string of the molecule is COc1ccc(OC)c(-n2c(SCc3ccc(Cl)cc3)nc3ccccc3c2=O)c1. The highest BCUT2D eigenvalue weighted by Gasteiger charge is 2.17. The third-order valence-electron chi connectivity index (χ3n) is 4.65. The normalized spacial score (nSPS) is 10.9. The van der Waals surface area contributed by atoms with Gasteiger partial charge in [-0.1, -0.05) is 47.6 Å². The van der Waals surface area contributed by atoms with Crippen molar-refractivity contribution in [2.24, 2.45) is 0 Å². The van der Waals surface area contributed by atoms with E-state index in [9.17, 15) is 4.79 Å². The van der Waals surface area contributed by atoms with E-state index in [1.54, 1.807) is 43.1 Å². The topological polar surface area (TPSA) is 53.4 Å². The Bertz CT molecular complexity index is 1260. The Kier molecular flexibility index (Phi) is 5.97. The standard InChI is InChI=1S/C23H19ClN2O3S/c1-28-17-11-12-21(29-2)20(13-17)26-22(27)18-5-3-4-6-19(18)25-23(26)30-14-15-7-9-16(24)10-8-15/h3-13H,14H2,1-2H3. The third-order valence-corrected chi connectivity index (χ3v) is 5.91. The van der Waals surface area contributed by atoms with Gasteiger partial charge in [-0.05, 0) is 42.0 Å². The Hall–Kier alpha value is -2.96. The van der Waals surface area contributed by atoms with E-state index >= 15 is 0 Å². The van der Waals surface area contributed by atoms with E-state index in [0.29, 0.717) is 44.0 Å². The van der Waals surface area contributed by atoms with Gasteiger partial charge in [0.05, 0.1) is 30.8 Å². The summed E-state index contributed by atoms with van der Waals surface area (Å²) in [5.41, 5.74) is 2.15. The monoisotopic (exact) mass is 438 g/mol. The molecule has 1 heterocycles. The van der Waals surface area contributed by atoms with E-state index in [4.69, 9.17) is 26.1 Å². The zero-order valence-corrected chi connectivity index (χ0v) is 18.0. The number of halogens is 1. The minimum absolute atomic E-state index is 0.161. The van der Waals surface area contributed by atoms with Crippen LogP contribution >= 0.6 is 23.4 Å². The van der Waals surface area contributed by atoms with Crippen molar-refractivity contribution in [2.75, 3.05) is 14.2 Å². The minimum Gasteiger partial charge on any atom is -0.497 e. The third kappa shape index (κ3) is 4.01. The maximum atomic E-state index is 13.5. The fourth-order valence-corrected chi connectivity index (χ4v) is 4.21. The second kappa shape index (κ2) is 8.81. The van der Waals surface area contributed by atoms with Crippen LogP contribution in [-0.4, -0.2) is 23.8 Å². The van der Waals surface area contributed by atoms with Crippen LogP contribution in [0, 0.1) is 0 Å². The van der Waals surface area contributed by atoms with Crippen LogP contribution in [0.25, 0.3) is 16.6 Å². The predicted molar refractivity (Wildman–Crippen MR) is 121 cm³/mol. The average Bonchev–Trinajstić information content (AvgIpc) is 2.78. The number of para-hydroxylation sites is 1. The highest BCUT2D eigenvalue weighted by Crippen LogP contribution is 2.31. The Morgan fingerprint density at radius 3 is 2.50 bits per heavy atom. The number of hydrogen-bond donors (Lipinski definition) is 0. The molecular formula is C23H19ClN2O3S. The van der Waals surface area contributed by atoms with Crippen molar-refractivity contribution >= 4 is 34.3 Å². The number of rotatable bonds is 6. The number of ether oxygens (including phenoxy) is 2. The highest BCUT2D eigenvalue weighted by atomic mass is 35.5. The molecule has 0 spiro atoms. The zero-order valence-electron chi connectivity index (χ0n) is 16.5. The first-order chi connectivity index (χ1) is 14.6. The molecule has 0 saturated carbocycles. The first-order valence-electron chi connectivity index (χ1n) is 9.22. The fourth-order valence-electron chi connectivity index (χ4n) is 3.12. The van der Waals surface area contributed by atoms with Crippen molar-refractivity contribution < 1.29 is 9.47 Å². The predicted octanol–water partition coefficient (Wildman–Crippen LogP) is 5.35. The number of methoxy groups -OCH3 is 2. The van der Waals surface area contributed by atoms with E-state index in [1.165, 1.54) is 11.8 Å². The van der Waals surface area contributed by atoms with Crippen LogP contribution < -0.4 is 15.0 Å². The van der Waals surface area contributed by atoms with Gasteiger partial charge in [-0.15, -0.1) is 0 Å². The molecule has 0 saturated heterocycles. The van der Waals surface area contributed by atoms with Gasteiger partial charge in [0.1, 0.15) is 11.5 Å². The molecule has 4 rings (SSSR count). The van der Waals surface area contributed by atoms with Crippen LogP contribution in [0.5, 0.6) is 11.5 Å². The van der Waals surface area contributed by atoms with Crippen molar-refractivity contribution in [3.63, 3.8) is 0 Å². The van der Waals surface area contributed by atoms with E-state index in [-0.39, 0.29) is 5.56 Å². The number of hydrogen-bond acceptors (Lipinski definition) is 5. The molecular weight excluding hydrogens is 420 g/mol. The van der Waals surface area contributed by atoms with E-state index < -0.39 is 0 Å². The molecule has 5 nitrogen and oxygen atoms in total. The van der Waals surface area contributed by atoms with Crippen molar-refractivity contribution in [1.82, 2.24) is 9.55 Å². The molecule has 7 heteroatoms. The lowest BCUT2D eigenvalue weighted by Gasteiger charge is -2.16. The second-order valence-corrected chi connectivity index (χ2v) is 7.88. The molecule has 1 aromatic heterocycles. The number of thioether (sulfide) groups is 1. The van der Waals surface area contributed by atoms with E-state index in [1.807, 2.05) is 42.5 Å². The van der Waals surface area contributed by atoms with Crippen molar-refractivity contribution in [3.8, 4) is 17.2 Å². The first kappa shape index (κ1) is 20.3. The van der Waals surface area contributed by atoms with Crippen molar-refractivity contribution in [3.05, 3.63) is 87.7 Å². The van der Waals surface area contributed by atoms with Crippen LogP contribution in [-0.2, 0) is 5.75 Å². The van der Waals surface area contributed by atoms with Gasteiger partial charge < -0.3 is 9.47 Å². The lowest BCUT2D eigenvalue weighted by atomic mass is 10.2. The van der Waals surface area contributed by atoms with E-state index in [2.05, 4.69) is 0 Å². The molecule has 0 unspecified atom stereocenters. The Balaban J connectivity index is 1.89. The van der Waals surface area contributed by atoms with Gasteiger partial charge >= 0.3 is 0 Å².